The number of aromatic hydroxyl groups is 2. The second-order valence-corrected chi connectivity index (χ2v) is 5.40. The highest BCUT2D eigenvalue weighted by atomic mass is 19.1. The molecule has 0 unspecified atom stereocenters. The molecule has 9 heteroatoms. The first-order valence-corrected chi connectivity index (χ1v) is 7.78. The highest BCUT2D eigenvalue weighted by molar-refractivity contribution is 5.91. The van der Waals surface area contributed by atoms with Crippen molar-refractivity contribution in [2.75, 3.05) is 10.6 Å². The minimum Gasteiger partial charge on any atom is -0.508 e. The van der Waals surface area contributed by atoms with Crippen molar-refractivity contribution in [1.29, 1.82) is 0 Å². The van der Waals surface area contributed by atoms with Crippen molar-refractivity contribution < 1.29 is 19.4 Å². The van der Waals surface area contributed by atoms with E-state index in [-0.39, 0.29) is 23.2 Å². The van der Waals surface area contributed by atoms with Gasteiger partial charge in [0.2, 0.25) is 11.8 Å². The van der Waals surface area contributed by atoms with Crippen molar-refractivity contribution in [1.82, 2.24) is 15.3 Å². The largest absolute Gasteiger partial charge is 0.508 e. The molecule has 2 aromatic carbocycles. The molecule has 3 rings (SSSR count). The van der Waals surface area contributed by atoms with Crippen molar-refractivity contribution in [3.8, 4) is 11.6 Å². The van der Waals surface area contributed by atoms with Gasteiger partial charge in [-0.3, -0.25) is 0 Å². The standard InChI is InChI=1S/C18H15FN5O3/c19-12-3-5-13(6-4-12)22-17-20-10-15(16(26)24-17)23-18(27)21-9-11-1-7-14(25)8-2-11/h1-10,25H,(H2,21,23,27)(H2,20,22,24,26). The molecule has 0 aliphatic heterocycles. The number of hydrogen-bond donors (Lipinski definition) is 5. The zero-order chi connectivity index (χ0) is 19.2. The Balaban J connectivity index is 1.57. The molecule has 1 heterocycles. The van der Waals surface area contributed by atoms with Gasteiger partial charge in [-0.2, -0.15) is 4.98 Å². The molecule has 0 fully saturated rings. The van der Waals surface area contributed by atoms with Gasteiger partial charge in [0.05, 0.1) is 12.7 Å². The number of carbonyl (C=O) groups is 1. The summed E-state index contributed by atoms with van der Waals surface area (Å²) < 4.78 is 12.9. The van der Waals surface area contributed by atoms with E-state index in [9.17, 15) is 19.4 Å². The number of aromatic nitrogens is 2. The number of benzene rings is 2. The number of hydrogen-bond acceptors (Lipinski definition) is 6. The van der Waals surface area contributed by atoms with Crippen LogP contribution in [-0.2, 0) is 0 Å². The summed E-state index contributed by atoms with van der Waals surface area (Å²) in [4.78, 5) is 19.7. The SMILES string of the molecule is O=C(N[CH]c1ccc(O)cc1)Nc1cnc(Nc2ccc(F)cc2)nc1O. The smallest absolute Gasteiger partial charge is 0.320 e. The van der Waals surface area contributed by atoms with Gasteiger partial charge >= 0.3 is 6.03 Å². The van der Waals surface area contributed by atoms with Gasteiger partial charge in [-0.15, -0.1) is 0 Å². The van der Waals surface area contributed by atoms with Gasteiger partial charge in [0.25, 0.3) is 0 Å². The summed E-state index contributed by atoms with van der Waals surface area (Å²) >= 11 is 0. The summed E-state index contributed by atoms with van der Waals surface area (Å²) in [5.41, 5.74) is 1.22. The Morgan fingerprint density at radius 2 is 1.74 bits per heavy atom. The molecule has 5 N–H and O–H groups in total. The minimum absolute atomic E-state index is 0.0104. The molecule has 137 valence electrons. The summed E-state index contributed by atoms with van der Waals surface area (Å²) in [6.45, 7) is 1.43. The highest BCUT2D eigenvalue weighted by Crippen LogP contribution is 2.22. The van der Waals surface area contributed by atoms with Gasteiger partial charge in [0, 0.05) is 5.69 Å². The molecule has 0 bridgehead atoms. The van der Waals surface area contributed by atoms with Crippen molar-refractivity contribution in [2.45, 2.75) is 0 Å². The fourth-order valence-electron chi connectivity index (χ4n) is 2.06. The van der Waals surface area contributed by atoms with Gasteiger partial charge in [0.1, 0.15) is 17.3 Å². The van der Waals surface area contributed by atoms with Gasteiger partial charge in [0.15, 0.2) is 0 Å². The fraction of sp³-hybridized carbons (Fsp3) is 0. The van der Waals surface area contributed by atoms with E-state index in [0.717, 1.165) is 0 Å². The fourth-order valence-corrected chi connectivity index (χ4v) is 2.06. The Morgan fingerprint density at radius 1 is 1.04 bits per heavy atom. The Hall–Kier alpha value is -3.88. The topological polar surface area (TPSA) is 119 Å². The molecular formula is C18H15FN5O3. The average Bonchev–Trinajstić information content (AvgIpc) is 2.65. The van der Waals surface area contributed by atoms with E-state index < -0.39 is 11.9 Å². The van der Waals surface area contributed by atoms with Crippen LogP contribution in [0.2, 0.25) is 0 Å². The lowest BCUT2D eigenvalue weighted by molar-refractivity contribution is 0.254. The quantitative estimate of drug-likeness (QED) is 0.472. The zero-order valence-electron chi connectivity index (χ0n) is 13.8. The van der Waals surface area contributed by atoms with Crippen LogP contribution in [0.15, 0.2) is 54.7 Å². The lowest BCUT2D eigenvalue weighted by Gasteiger charge is -2.10. The Bertz CT molecular complexity index is 933. The Labute approximate surface area is 153 Å². The van der Waals surface area contributed by atoms with Crippen LogP contribution in [0.25, 0.3) is 0 Å². The molecule has 3 aromatic rings. The lowest BCUT2D eigenvalue weighted by atomic mass is 10.2. The van der Waals surface area contributed by atoms with Crippen LogP contribution < -0.4 is 16.0 Å². The molecule has 0 spiro atoms. The summed E-state index contributed by atoms with van der Waals surface area (Å²) in [7, 11) is 0. The summed E-state index contributed by atoms with van der Waals surface area (Å²) in [5, 5.41) is 26.8. The van der Waals surface area contributed by atoms with Gasteiger partial charge in [-0.25, -0.2) is 14.2 Å². The van der Waals surface area contributed by atoms with E-state index in [1.807, 2.05) is 0 Å². The van der Waals surface area contributed by atoms with Crippen LogP contribution in [0.1, 0.15) is 5.56 Å². The number of anilines is 3. The van der Waals surface area contributed by atoms with E-state index in [4.69, 9.17) is 0 Å². The molecule has 2 amide bonds. The minimum atomic E-state index is -0.610. The Kier molecular flexibility index (Phi) is 5.31. The van der Waals surface area contributed by atoms with Gasteiger partial charge in [-0.05, 0) is 42.0 Å². The number of phenolic OH excluding ortho intramolecular Hbond substituents is 1. The third-order valence-corrected chi connectivity index (χ3v) is 3.38. The maximum absolute atomic E-state index is 12.9. The first-order chi connectivity index (χ1) is 13.0. The molecule has 8 nitrogen and oxygen atoms in total. The van der Waals surface area contributed by atoms with E-state index in [1.54, 1.807) is 12.1 Å². The third kappa shape index (κ3) is 5.05. The third-order valence-electron chi connectivity index (χ3n) is 3.38. The van der Waals surface area contributed by atoms with Crippen molar-refractivity contribution in [3.05, 3.63) is 72.7 Å². The number of halogens is 1. The number of phenols is 1. The summed E-state index contributed by atoms with van der Waals surface area (Å²) in [6.07, 6.45) is 1.23. The van der Waals surface area contributed by atoms with E-state index in [1.165, 1.54) is 49.1 Å². The van der Waals surface area contributed by atoms with Crippen molar-refractivity contribution in [2.24, 2.45) is 0 Å². The average molecular weight is 368 g/mol. The molecule has 0 aliphatic rings. The van der Waals surface area contributed by atoms with Gasteiger partial charge in [-0.1, -0.05) is 12.1 Å². The molecular weight excluding hydrogens is 353 g/mol. The molecule has 0 saturated carbocycles. The van der Waals surface area contributed by atoms with Crippen LogP contribution in [0.4, 0.5) is 26.5 Å². The monoisotopic (exact) mass is 368 g/mol. The number of nitrogens with one attached hydrogen (secondary N) is 3. The highest BCUT2D eigenvalue weighted by Gasteiger charge is 2.10. The van der Waals surface area contributed by atoms with E-state index in [0.29, 0.717) is 11.3 Å². The van der Waals surface area contributed by atoms with Crippen molar-refractivity contribution in [3.63, 3.8) is 0 Å². The molecule has 0 atom stereocenters. The van der Waals surface area contributed by atoms with Crippen molar-refractivity contribution >= 4 is 23.4 Å². The number of rotatable bonds is 5. The first kappa shape index (κ1) is 17.9. The first-order valence-electron chi connectivity index (χ1n) is 7.78. The molecule has 1 aromatic heterocycles. The molecule has 1 radical (unpaired) electrons. The van der Waals surface area contributed by atoms with Gasteiger partial charge < -0.3 is 26.2 Å². The number of amides is 2. The molecule has 0 saturated heterocycles. The zero-order valence-corrected chi connectivity index (χ0v) is 13.8. The van der Waals surface area contributed by atoms with Crippen LogP contribution in [0.3, 0.4) is 0 Å². The predicted octanol–water partition coefficient (Wildman–Crippen LogP) is 3.10. The van der Waals surface area contributed by atoms with E-state index in [2.05, 4.69) is 25.9 Å². The molecule has 27 heavy (non-hydrogen) atoms. The lowest BCUT2D eigenvalue weighted by Crippen LogP contribution is -2.27. The maximum atomic E-state index is 12.9. The number of urea groups is 1. The normalized spacial score (nSPS) is 10.3. The number of nitrogens with zero attached hydrogens (tertiary/aromatic N) is 2. The maximum Gasteiger partial charge on any atom is 0.320 e. The molecule has 0 aliphatic carbocycles. The predicted molar refractivity (Wildman–Crippen MR) is 97.0 cm³/mol. The van der Waals surface area contributed by atoms with Crippen LogP contribution in [-0.4, -0.2) is 26.2 Å². The van der Waals surface area contributed by atoms with Crippen LogP contribution in [0.5, 0.6) is 11.6 Å². The Morgan fingerprint density at radius 3 is 2.41 bits per heavy atom. The number of carbonyl (C=O) groups excluding carboxylic acids is 1. The summed E-state index contributed by atoms with van der Waals surface area (Å²) in [6, 6.07) is 11.1. The van der Waals surface area contributed by atoms with E-state index >= 15 is 0 Å². The van der Waals surface area contributed by atoms with Crippen LogP contribution >= 0.6 is 0 Å². The second kappa shape index (κ2) is 8.00. The summed E-state index contributed by atoms with van der Waals surface area (Å²) in [5.74, 6) is -0.609. The second-order valence-electron chi connectivity index (χ2n) is 5.40. The van der Waals surface area contributed by atoms with Crippen LogP contribution in [0, 0.1) is 12.4 Å².